The summed E-state index contributed by atoms with van der Waals surface area (Å²) in [5.74, 6) is 1.70. The summed E-state index contributed by atoms with van der Waals surface area (Å²) in [5, 5.41) is 5.25. The lowest BCUT2D eigenvalue weighted by atomic mass is 10.3. The highest BCUT2D eigenvalue weighted by Gasteiger charge is 2.06. The zero-order valence-electron chi connectivity index (χ0n) is 12.0. The highest BCUT2D eigenvalue weighted by molar-refractivity contribution is 8.01. The second-order valence-corrected chi connectivity index (χ2v) is 7.93. The van der Waals surface area contributed by atoms with Crippen LogP contribution in [0.1, 0.15) is 0 Å². The second-order valence-electron chi connectivity index (χ2n) is 4.53. The van der Waals surface area contributed by atoms with E-state index in [1.165, 1.54) is 11.3 Å². The van der Waals surface area contributed by atoms with E-state index in [0.717, 1.165) is 25.5 Å². The van der Waals surface area contributed by atoms with Crippen LogP contribution in [0.25, 0.3) is 5.69 Å². The molecule has 0 saturated carbocycles. The molecule has 0 saturated heterocycles. The van der Waals surface area contributed by atoms with Crippen molar-refractivity contribution in [2.45, 2.75) is 4.34 Å². The number of thioether (sulfide) groups is 1. The smallest absolute Gasteiger partial charge is 0.184 e. The Bertz CT molecular complexity index is 815. The van der Waals surface area contributed by atoms with Gasteiger partial charge in [0.2, 0.25) is 0 Å². The third-order valence-corrected chi connectivity index (χ3v) is 5.50. The molecule has 1 heterocycles. The number of nitrogens with zero attached hydrogens (tertiary/aromatic N) is 2. The topological polar surface area (TPSA) is 27.1 Å². The van der Waals surface area contributed by atoms with Crippen LogP contribution in [0.2, 0.25) is 5.02 Å². The van der Waals surface area contributed by atoms with E-state index in [9.17, 15) is 0 Å². The molecule has 7 heteroatoms. The Labute approximate surface area is 152 Å². The van der Waals surface area contributed by atoms with Crippen LogP contribution < -0.4 is 4.74 Å². The molecule has 0 aliphatic rings. The fourth-order valence-corrected chi connectivity index (χ4v) is 4.24. The lowest BCUT2D eigenvalue weighted by Gasteiger charge is -2.04. The van der Waals surface area contributed by atoms with E-state index in [2.05, 4.69) is 5.10 Å². The van der Waals surface area contributed by atoms with E-state index >= 15 is 0 Å². The van der Waals surface area contributed by atoms with Gasteiger partial charge < -0.3 is 4.74 Å². The minimum Gasteiger partial charge on any atom is -0.493 e. The van der Waals surface area contributed by atoms with Crippen molar-refractivity contribution in [2.75, 3.05) is 12.4 Å². The van der Waals surface area contributed by atoms with E-state index in [4.69, 9.17) is 28.6 Å². The van der Waals surface area contributed by atoms with Crippen LogP contribution in [0.3, 0.4) is 0 Å². The molecule has 0 aliphatic carbocycles. The van der Waals surface area contributed by atoms with Gasteiger partial charge in [-0.3, -0.25) is 0 Å². The van der Waals surface area contributed by atoms with Gasteiger partial charge in [-0.25, -0.2) is 4.68 Å². The molecule has 2 aromatic carbocycles. The summed E-state index contributed by atoms with van der Waals surface area (Å²) in [6.07, 6.45) is 0. The molecule has 3 nitrogen and oxygen atoms in total. The quantitative estimate of drug-likeness (QED) is 0.321. The van der Waals surface area contributed by atoms with E-state index in [1.54, 1.807) is 16.4 Å². The summed E-state index contributed by atoms with van der Waals surface area (Å²) < 4.78 is 9.08. The highest BCUT2D eigenvalue weighted by Crippen LogP contribution is 2.24. The Morgan fingerprint density at radius 1 is 1.13 bits per heavy atom. The minimum atomic E-state index is 0.627. The maximum absolute atomic E-state index is 5.91. The Morgan fingerprint density at radius 2 is 1.87 bits per heavy atom. The molecule has 118 valence electrons. The van der Waals surface area contributed by atoms with E-state index in [0.29, 0.717) is 11.6 Å². The number of ether oxygens (including phenoxy) is 1. The van der Waals surface area contributed by atoms with Crippen molar-refractivity contribution in [1.82, 2.24) is 9.78 Å². The molecule has 1 aromatic heterocycles. The van der Waals surface area contributed by atoms with Gasteiger partial charge in [0.1, 0.15) is 5.75 Å². The molecule has 0 atom stereocenters. The Morgan fingerprint density at radius 3 is 2.61 bits per heavy atom. The first-order valence-corrected chi connectivity index (χ1v) is 9.48. The van der Waals surface area contributed by atoms with Crippen LogP contribution in [-0.4, -0.2) is 22.1 Å². The summed E-state index contributed by atoms with van der Waals surface area (Å²) in [4.78, 5) is 0. The molecule has 0 spiro atoms. The van der Waals surface area contributed by atoms with Gasteiger partial charge in [0.05, 0.1) is 12.3 Å². The number of benzene rings is 2. The molecular weight excluding hydrogens is 368 g/mol. The van der Waals surface area contributed by atoms with E-state index < -0.39 is 0 Å². The van der Waals surface area contributed by atoms with Crippen LogP contribution >= 0.6 is 46.9 Å². The molecule has 23 heavy (non-hydrogen) atoms. The van der Waals surface area contributed by atoms with Gasteiger partial charge in [-0.05, 0) is 48.6 Å². The van der Waals surface area contributed by atoms with Crippen molar-refractivity contribution in [1.29, 1.82) is 0 Å². The predicted octanol–water partition coefficient (Wildman–Crippen LogP) is 5.49. The maximum Gasteiger partial charge on any atom is 0.184 e. The second kappa shape index (κ2) is 7.97. The fraction of sp³-hybridized carbons (Fsp3) is 0.125. The third kappa shape index (κ3) is 4.57. The van der Waals surface area contributed by atoms with Gasteiger partial charge in [0.25, 0.3) is 0 Å². The summed E-state index contributed by atoms with van der Waals surface area (Å²) in [6, 6.07) is 17.3. The van der Waals surface area contributed by atoms with Gasteiger partial charge in [-0.1, -0.05) is 52.9 Å². The van der Waals surface area contributed by atoms with Crippen LogP contribution in [0, 0.1) is 3.95 Å². The lowest BCUT2D eigenvalue weighted by molar-refractivity contribution is 0.344. The summed E-state index contributed by atoms with van der Waals surface area (Å²) in [5.41, 5.74) is 0.919. The largest absolute Gasteiger partial charge is 0.493 e. The van der Waals surface area contributed by atoms with Gasteiger partial charge in [-0.15, -0.1) is 5.10 Å². The number of aromatic nitrogens is 2. The summed E-state index contributed by atoms with van der Waals surface area (Å²) >= 11 is 14.4. The van der Waals surface area contributed by atoms with Crippen molar-refractivity contribution in [3.8, 4) is 11.4 Å². The molecule has 3 rings (SSSR count). The van der Waals surface area contributed by atoms with Gasteiger partial charge >= 0.3 is 0 Å². The number of para-hydroxylation sites is 1. The van der Waals surface area contributed by atoms with Gasteiger partial charge in [0, 0.05) is 10.8 Å². The molecule has 0 unspecified atom stereocenters. The van der Waals surface area contributed by atoms with Crippen molar-refractivity contribution in [3.05, 3.63) is 63.6 Å². The first-order chi connectivity index (χ1) is 11.2. The van der Waals surface area contributed by atoms with Crippen LogP contribution in [0.5, 0.6) is 5.75 Å². The predicted molar refractivity (Wildman–Crippen MR) is 99.9 cm³/mol. The van der Waals surface area contributed by atoms with Crippen molar-refractivity contribution in [3.63, 3.8) is 0 Å². The number of halogens is 1. The van der Waals surface area contributed by atoms with Crippen LogP contribution in [0.4, 0.5) is 0 Å². The minimum absolute atomic E-state index is 0.627. The average Bonchev–Trinajstić information content (AvgIpc) is 2.94. The Kier molecular flexibility index (Phi) is 5.72. The van der Waals surface area contributed by atoms with Gasteiger partial charge in [-0.2, -0.15) is 0 Å². The molecule has 0 radical (unpaired) electrons. The van der Waals surface area contributed by atoms with Crippen molar-refractivity contribution >= 4 is 46.9 Å². The Balaban J connectivity index is 1.58. The van der Waals surface area contributed by atoms with E-state index in [-0.39, 0.29) is 0 Å². The third-order valence-electron chi connectivity index (χ3n) is 2.92. The van der Waals surface area contributed by atoms with E-state index in [1.807, 2.05) is 54.6 Å². The standard InChI is InChI=1S/C16H13ClN2OS3/c17-12-6-8-13(9-7-12)19-16(21)23-15(18-19)22-11-10-20-14-4-2-1-3-5-14/h1-9H,10-11H2. The molecule has 0 fully saturated rings. The first kappa shape index (κ1) is 16.5. The monoisotopic (exact) mass is 380 g/mol. The normalized spacial score (nSPS) is 10.7. The average molecular weight is 381 g/mol. The SMILES string of the molecule is S=c1sc(SCCOc2ccccc2)nn1-c1ccc(Cl)cc1. The summed E-state index contributed by atoms with van der Waals surface area (Å²) in [7, 11) is 0. The molecular formula is C16H13ClN2OS3. The highest BCUT2D eigenvalue weighted by atomic mass is 35.5. The van der Waals surface area contributed by atoms with Crippen LogP contribution in [-0.2, 0) is 0 Å². The van der Waals surface area contributed by atoms with Crippen molar-refractivity contribution in [2.24, 2.45) is 0 Å². The Hall–Kier alpha value is -1.34. The van der Waals surface area contributed by atoms with Gasteiger partial charge in [0.15, 0.2) is 8.29 Å². The zero-order valence-corrected chi connectivity index (χ0v) is 15.2. The molecule has 0 aliphatic heterocycles. The molecule has 0 bridgehead atoms. The summed E-state index contributed by atoms with van der Waals surface area (Å²) in [6.45, 7) is 0.627. The van der Waals surface area contributed by atoms with Crippen molar-refractivity contribution < 1.29 is 4.74 Å². The first-order valence-electron chi connectivity index (χ1n) is 6.89. The molecule has 3 aromatic rings. The fourth-order valence-electron chi connectivity index (χ4n) is 1.87. The molecule has 0 amide bonds. The molecule has 0 N–H and O–H groups in total. The maximum atomic E-state index is 5.91. The number of rotatable bonds is 6. The number of hydrogen-bond donors (Lipinski definition) is 0. The lowest BCUT2D eigenvalue weighted by Crippen LogP contribution is -2.00. The zero-order chi connectivity index (χ0) is 16.1. The number of hydrogen-bond acceptors (Lipinski definition) is 5. The van der Waals surface area contributed by atoms with Crippen LogP contribution in [0.15, 0.2) is 58.9 Å².